The average molecular weight is 328 g/mol. The van der Waals surface area contributed by atoms with Gasteiger partial charge in [0.05, 0.1) is 15.6 Å². The van der Waals surface area contributed by atoms with Crippen molar-refractivity contribution < 1.29 is 4.92 Å². The van der Waals surface area contributed by atoms with Gasteiger partial charge < -0.3 is 9.88 Å². The van der Waals surface area contributed by atoms with Gasteiger partial charge in [-0.25, -0.2) is 0 Å². The Kier molecular flexibility index (Phi) is 4.16. The molecule has 0 amide bonds. The lowest BCUT2D eigenvalue weighted by molar-refractivity contribution is -0.386. The maximum absolute atomic E-state index is 11.5. The van der Waals surface area contributed by atoms with Crippen LogP contribution >= 0.6 is 15.9 Å². The molecule has 1 aromatic rings. The molecule has 1 N–H and O–H groups in total. The van der Waals surface area contributed by atoms with Gasteiger partial charge in [-0.05, 0) is 34.3 Å². The third-order valence-corrected chi connectivity index (χ3v) is 3.40. The van der Waals surface area contributed by atoms with E-state index in [2.05, 4.69) is 27.8 Å². The second-order valence-electron chi connectivity index (χ2n) is 4.66. The zero-order valence-corrected chi connectivity index (χ0v) is 11.9. The first-order chi connectivity index (χ1) is 8.97. The summed E-state index contributed by atoms with van der Waals surface area (Å²) in [6, 6.07) is 0.590. The minimum atomic E-state index is -0.672. The molecular formula is C12H14BrN3O3. The molecule has 0 spiro atoms. The molecule has 1 heterocycles. The maximum atomic E-state index is 11.5. The molecule has 7 heteroatoms. The Hall–Kier alpha value is -1.47. The molecule has 0 unspecified atom stereocenters. The highest BCUT2D eigenvalue weighted by Crippen LogP contribution is 2.19. The second kappa shape index (κ2) is 5.66. The molecule has 0 aromatic carbocycles. The predicted octanol–water partition coefficient (Wildman–Crippen LogP) is 1.83. The van der Waals surface area contributed by atoms with E-state index in [1.165, 1.54) is 25.2 Å². The number of pyridine rings is 1. The summed E-state index contributed by atoms with van der Waals surface area (Å²) in [5.74, 6) is 0. The van der Waals surface area contributed by atoms with Crippen molar-refractivity contribution >= 4 is 21.6 Å². The van der Waals surface area contributed by atoms with Crippen LogP contribution in [-0.4, -0.2) is 22.1 Å². The van der Waals surface area contributed by atoms with Crippen LogP contribution in [0.1, 0.15) is 12.8 Å². The van der Waals surface area contributed by atoms with E-state index in [9.17, 15) is 14.9 Å². The first kappa shape index (κ1) is 14.0. The number of nitrogens with one attached hydrogen (secondary N) is 1. The van der Waals surface area contributed by atoms with Gasteiger partial charge in [-0.15, -0.1) is 0 Å². The molecule has 0 atom stereocenters. The highest BCUT2D eigenvalue weighted by atomic mass is 79.9. The Morgan fingerprint density at radius 1 is 1.58 bits per heavy atom. The zero-order valence-electron chi connectivity index (χ0n) is 10.3. The molecule has 0 radical (unpaired) electrons. The van der Waals surface area contributed by atoms with E-state index >= 15 is 0 Å². The van der Waals surface area contributed by atoms with Gasteiger partial charge in [-0.1, -0.05) is 6.58 Å². The zero-order chi connectivity index (χ0) is 14.0. The van der Waals surface area contributed by atoms with E-state index in [0.29, 0.717) is 19.1 Å². The molecule has 2 rings (SSSR count). The van der Waals surface area contributed by atoms with E-state index in [0.717, 1.165) is 5.57 Å². The molecular weight excluding hydrogens is 314 g/mol. The summed E-state index contributed by atoms with van der Waals surface area (Å²) in [7, 11) is 0. The Labute approximate surface area is 118 Å². The average Bonchev–Trinajstić information content (AvgIpc) is 3.14. The van der Waals surface area contributed by atoms with Crippen LogP contribution in [0.4, 0.5) is 5.69 Å². The fraction of sp³-hybridized carbons (Fsp3) is 0.417. The molecule has 1 aromatic heterocycles. The summed E-state index contributed by atoms with van der Waals surface area (Å²) in [5.41, 5.74) is -0.128. The molecule has 0 saturated heterocycles. The van der Waals surface area contributed by atoms with Crippen LogP contribution in [0.15, 0.2) is 33.8 Å². The second-order valence-corrected chi connectivity index (χ2v) is 5.51. The first-order valence-corrected chi connectivity index (χ1v) is 6.70. The summed E-state index contributed by atoms with van der Waals surface area (Å²) >= 11 is 3.04. The van der Waals surface area contributed by atoms with Crippen molar-refractivity contribution in [3.8, 4) is 0 Å². The standard InChI is InChI=1S/C12H14BrN3O3/c1-8(4-14-9-2-3-9)5-15-6-10(13)12(17)11(7-15)16(18)19/h6-7,9,14H,1-5H2. The largest absolute Gasteiger partial charge is 0.343 e. The maximum Gasteiger partial charge on any atom is 0.333 e. The summed E-state index contributed by atoms with van der Waals surface area (Å²) in [6.45, 7) is 5.06. The molecule has 0 bridgehead atoms. The Morgan fingerprint density at radius 3 is 2.84 bits per heavy atom. The van der Waals surface area contributed by atoms with Crippen molar-refractivity contribution in [3.05, 3.63) is 49.4 Å². The third kappa shape index (κ3) is 3.74. The smallest absolute Gasteiger partial charge is 0.333 e. The molecule has 19 heavy (non-hydrogen) atoms. The molecule has 1 aliphatic carbocycles. The number of halogens is 1. The van der Waals surface area contributed by atoms with E-state index in [1.807, 2.05) is 0 Å². The van der Waals surface area contributed by atoms with Crippen molar-refractivity contribution in [1.29, 1.82) is 0 Å². The lowest BCUT2D eigenvalue weighted by Gasteiger charge is -2.10. The molecule has 102 valence electrons. The van der Waals surface area contributed by atoms with Gasteiger partial charge in [0, 0.05) is 25.3 Å². The SMILES string of the molecule is C=C(CNC1CC1)Cn1cc(Br)c(=O)c([N+](=O)[O-])c1. The normalized spacial score (nSPS) is 14.4. The van der Waals surface area contributed by atoms with Crippen LogP contribution in [-0.2, 0) is 6.54 Å². The van der Waals surface area contributed by atoms with E-state index in [1.54, 1.807) is 4.57 Å². The van der Waals surface area contributed by atoms with Gasteiger partial charge in [0.15, 0.2) is 0 Å². The van der Waals surface area contributed by atoms with Crippen LogP contribution < -0.4 is 10.7 Å². The Bertz CT molecular complexity index is 578. The Balaban J connectivity index is 2.08. The van der Waals surface area contributed by atoms with Crippen LogP contribution in [0.5, 0.6) is 0 Å². The summed E-state index contributed by atoms with van der Waals surface area (Å²) in [6.07, 6.45) is 5.18. The highest BCUT2D eigenvalue weighted by molar-refractivity contribution is 9.10. The number of aromatic nitrogens is 1. The minimum absolute atomic E-state index is 0.185. The molecule has 0 aliphatic heterocycles. The van der Waals surface area contributed by atoms with Crippen molar-refractivity contribution in [2.24, 2.45) is 0 Å². The van der Waals surface area contributed by atoms with Crippen LogP contribution in [0.2, 0.25) is 0 Å². The minimum Gasteiger partial charge on any atom is -0.343 e. The van der Waals surface area contributed by atoms with E-state index in [4.69, 9.17) is 0 Å². The number of nitrogens with zero attached hydrogens (tertiary/aromatic N) is 2. The van der Waals surface area contributed by atoms with Crippen molar-refractivity contribution in [1.82, 2.24) is 9.88 Å². The van der Waals surface area contributed by atoms with Gasteiger partial charge in [0.1, 0.15) is 0 Å². The number of nitro groups is 1. The summed E-state index contributed by atoms with van der Waals surface area (Å²) in [4.78, 5) is 21.6. The fourth-order valence-corrected chi connectivity index (χ4v) is 2.16. The molecule has 1 aliphatic rings. The van der Waals surface area contributed by atoms with Gasteiger partial charge in [-0.3, -0.25) is 14.9 Å². The van der Waals surface area contributed by atoms with Crippen molar-refractivity contribution in [3.63, 3.8) is 0 Å². The van der Waals surface area contributed by atoms with Gasteiger partial charge in [0.25, 0.3) is 5.43 Å². The van der Waals surface area contributed by atoms with Crippen LogP contribution in [0, 0.1) is 10.1 Å². The predicted molar refractivity (Wildman–Crippen MR) is 75.2 cm³/mol. The number of hydrogen-bond donors (Lipinski definition) is 1. The molecule has 1 saturated carbocycles. The number of hydrogen-bond acceptors (Lipinski definition) is 4. The van der Waals surface area contributed by atoms with E-state index in [-0.39, 0.29) is 4.47 Å². The Morgan fingerprint density at radius 2 is 2.26 bits per heavy atom. The summed E-state index contributed by atoms with van der Waals surface area (Å²) in [5, 5.41) is 14.1. The number of rotatable bonds is 6. The van der Waals surface area contributed by atoms with Crippen LogP contribution in [0.3, 0.4) is 0 Å². The monoisotopic (exact) mass is 327 g/mol. The van der Waals surface area contributed by atoms with Crippen LogP contribution in [0.25, 0.3) is 0 Å². The van der Waals surface area contributed by atoms with Gasteiger partial charge in [-0.2, -0.15) is 0 Å². The van der Waals surface area contributed by atoms with Crippen molar-refractivity contribution in [2.75, 3.05) is 6.54 Å². The fourth-order valence-electron chi connectivity index (χ4n) is 1.69. The topological polar surface area (TPSA) is 77.2 Å². The van der Waals surface area contributed by atoms with Gasteiger partial charge >= 0.3 is 5.69 Å². The third-order valence-electron chi connectivity index (χ3n) is 2.84. The van der Waals surface area contributed by atoms with Crippen molar-refractivity contribution in [2.45, 2.75) is 25.4 Å². The lowest BCUT2D eigenvalue weighted by atomic mass is 10.3. The molecule has 6 nitrogen and oxygen atoms in total. The van der Waals surface area contributed by atoms with Gasteiger partial charge in [0.2, 0.25) is 0 Å². The summed E-state index contributed by atoms with van der Waals surface area (Å²) < 4.78 is 1.78. The van der Waals surface area contributed by atoms with E-state index < -0.39 is 16.0 Å². The quantitative estimate of drug-likeness (QED) is 0.491. The lowest BCUT2D eigenvalue weighted by Crippen LogP contribution is -2.21. The first-order valence-electron chi connectivity index (χ1n) is 5.91. The molecule has 1 fully saturated rings. The highest BCUT2D eigenvalue weighted by Gasteiger charge is 2.20.